The highest BCUT2D eigenvalue weighted by atomic mass is 35.5. The maximum Gasteiger partial charge on any atom is 0.211 e. The molecule has 1 aliphatic heterocycles. The molecule has 1 saturated heterocycles. The maximum atomic E-state index is 11.4. The van der Waals surface area contributed by atoms with Crippen LogP contribution in [0, 0.1) is 11.8 Å². The lowest BCUT2D eigenvalue weighted by Crippen LogP contribution is -2.38. The third-order valence-electron chi connectivity index (χ3n) is 3.59. The van der Waals surface area contributed by atoms with Gasteiger partial charge >= 0.3 is 0 Å². The Balaban J connectivity index is 0.00000112. The molecule has 2 fully saturated rings. The fourth-order valence-corrected chi connectivity index (χ4v) is 3.65. The highest BCUT2D eigenvalue weighted by molar-refractivity contribution is 7.88. The zero-order valence-electron chi connectivity index (χ0n) is 8.93. The van der Waals surface area contributed by atoms with Crippen LogP contribution in [0.2, 0.25) is 0 Å². The number of hydrogen-bond donors (Lipinski definition) is 1. The molecule has 2 rings (SSSR count). The smallest absolute Gasteiger partial charge is 0.211 e. The van der Waals surface area contributed by atoms with Gasteiger partial charge in [0.15, 0.2) is 0 Å². The predicted molar refractivity (Wildman–Crippen MR) is 62.5 cm³/mol. The monoisotopic (exact) mass is 254 g/mol. The molecular weight excluding hydrogens is 236 g/mol. The Hall–Kier alpha value is 0.160. The van der Waals surface area contributed by atoms with Gasteiger partial charge in [0.05, 0.1) is 6.26 Å². The van der Waals surface area contributed by atoms with Crippen LogP contribution in [-0.4, -0.2) is 38.1 Å². The van der Waals surface area contributed by atoms with E-state index in [4.69, 9.17) is 5.73 Å². The van der Waals surface area contributed by atoms with E-state index in [1.165, 1.54) is 6.26 Å². The molecule has 3 unspecified atom stereocenters. The minimum atomic E-state index is -3.01. The summed E-state index contributed by atoms with van der Waals surface area (Å²) in [6.07, 6.45) is 4.64. The molecule has 2 aliphatic rings. The second-order valence-corrected chi connectivity index (χ2v) is 6.58. The van der Waals surface area contributed by atoms with Crippen molar-refractivity contribution in [1.29, 1.82) is 0 Å². The fourth-order valence-electron chi connectivity index (χ4n) is 2.75. The minimum Gasteiger partial charge on any atom is -0.327 e. The van der Waals surface area contributed by atoms with Crippen molar-refractivity contribution in [3.05, 3.63) is 0 Å². The second kappa shape index (κ2) is 4.57. The van der Waals surface area contributed by atoms with Gasteiger partial charge in [-0.1, -0.05) is 6.42 Å². The summed E-state index contributed by atoms with van der Waals surface area (Å²) < 4.78 is 24.3. The second-order valence-electron chi connectivity index (χ2n) is 4.60. The molecule has 6 heteroatoms. The van der Waals surface area contributed by atoms with Gasteiger partial charge in [-0.2, -0.15) is 0 Å². The lowest BCUT2D eigenvalue weighted by molar-refractivity contribution is 0.260. The van der Waals surface area contributed by atoms with Crippen molar-refractivity contribution in [2.75, 3.05) is 19.3 Å². The van der Waals surface area contributed by atoms with Gasteiger partial charge < -0.3 is 5.73 Å². The molecule has 0 aromatic rings. The van der Waals surface area contributed by atoms with E-state index in [2.05, 4.69) is 0 Å². The molecule has 0 bridgehead atoms. The zero-order valence-corrected chi connectivity index (χ0v) is 10.6. The van der Waals surface area contributed by atoms with Crippen LogP contribution in [-0.2, 0) is 10.0 Å². The van der Waals surface area contributed by atoms with Crippen LogP contribution in [0.4, 0.5) is 0 Å². The van der Waals surface area contributed by atoms with E-state index >= 15 is 0 Å². The highest BCUT2D eigenvalue weighted by Gasteiger charge is 2.41. The molecule has 1 saturated carbocycles. The minimum absolute atomic E-state index is 0. The molecule has 4 nitrogen and oxygen atoms in total. The summed E-state index contributed by atoms with van der Waals surface area (Å²) in [5.74, 6) is 0.909. The predicted octanol–water partition coefficient (Wildman–Crippen LogP) is 0.427. The van der Waals surface area contributed by atoms with Gasteiger partial charge in [0, 0.05) is 19.1 Å². The highest BCUT2D eigenvalue weighted by Crippen LogP contribution is 2.36. The normalized spacial score (nSPS) is 37.1. The zero-order chi connectivity index (χ0) is 10.3. The van der Waals surface area contributed by atoms with Gasteiger partial charge in [0.2, 0.25) is 10.0 Å². The average molecular weight is 255 g/mol. The van der Waals surface area contributed by atoms with Crippen LogP contribution in [0.25, 0.3) is 0 Å². The largest absolute Gasteiger partial charge is 0.327 e. The third-order valence-corrected chi connectivity index (χ3v) is 4.83. The number of hydrogen-bond acceptors (Lipinski definition) is 3. The number of halogens is 1. The molecule has 1 heterocycles. The van der Waals surface area contributed by atoms with Crippen LogP contribution >= 0.6 is 12.4 Å². The number of fused-ring (bicyclic) bond motifs is 1. The SMILES string of the molecule is CS(=O)(=O)N1CC2CCCC(N)C2C1.Cl. The Morgan fingerprint density at radius 2 is 1.93 bits per heavy atom. The van der Waals surface area contributed by atoms with Gasteiger partial charge in [-0.3, -0.25) is 0 Å². The summed E-state index contributed by atoms with van der Waals surface area (Å²) in [6, 6.07) is 0.209. The molecule has 1 aliphatic carbocycles. The summed E-state index contributed by atoms with van der Waals surface area (Å²) >= 11 is 0. The van der Waals surface area contributed by atoms with Crippen LogP contribution in [0.5, 0.6) is 0 Å². The first-order chi connectivity index (χ1) is 6.48. The van der Waals surface area contributed by atoms with E-state index < -0.39 is 10.0 Å². The van der Waals surface area contributed by atoms with Gasteiger partial charge in [0.25, 0.3) is 0 Å². The Kier molecular flexibility index (Phi) is 4.03. The number of sulfonamides is 1. The molecule has 3 atom stereocenters. The van der Waals surface area contributed by atoms with Gasteiger partial charge in [-0.25, -0.2) is 12.7 Å². The van der Waals surface area contributed by atoms with Crippen LogP contribution in [0.3, 0.4) is 0 Å². The van der Waals surface area contributed by atoms with Crippen LogP contribution in [0.15, 0.2) is 0 Å². The molecule has 2 N–H and O–H groups in total. The van der Waals surface area contributed by atoms with Crippen molar-refractivity contribution >= 4 is 22.4 Å². The lowest BCUT2D eigenvalue weighted by atomic mass is 9.78. The third kappa shape index (κ3) is 2.64. The van der Waals surface area contributed by atoms with E-state index in [1.807, 2.05) is 0 Å². The summed E-state index contributed by atoms with van der Waals surface area (Å²) in [4.78, 5) is 0. The Bertz CT molecular complexity index is 320. The Morgan fingerprint density at radius 3 is 2.47 bits per heavy atom. The fraction of sp³-hybridized carbons (Fsp3) is 1.00. The number of rotatable bonds is 1. The van der Waals surface area contributed by atoms with Gasteiger partial charge in [0.1, 0.15) is 0 Å². The summed E-state index contributed by atoms with van der Waals surface area (Å²) in [7, 11) is -3.01. The summed E-state index contributed by atoms with van der Waals surface area (Å²) in [5.41, 5.74) is 6.00. The molecule has 0 spiro atoms. The Labute approximate surface area is 97.7 Å². The van der Waals surface area contributed by atoms with Crippen LogP contribution in [0.1, 0.15) is 19.3 Å². The molecule has 15 heavy (non-hydrogen) atoms. The number of nitrogens with two attached hydrogens (primary N) is 1. The average Bonchev–Trinajstić information content (AvgIpc) is 2.48. The molecule has 0 amide bonds. The van der Waals surface area contributed by atoms with Crippen LogP contribution < -0.4 is 5.73 Å². The molecule has 0 radical (unpaired) electrons. The first-order valence-corrected chi connectivity index (χ1v) is 7.04. The molecule has 0 aromatic carbocycles. The molecular formula is C9H19ClN2O2S. The van der Waals surface area contributed by atoms with Crippen molar-refractivity contribution in [1.82, 2.24) is 4.31 Å². The quantitative estimate of drug-likeness (QED) is 0.738. The van der Waals surface area contributed by atoms with E-state index in [0.29, 0.717) is 24.9 Å². The van der Waals surface area contributed by atoms with E-state index in [1.54, 1.807) is 4.31 Å². The van der Waals surface area contributed by atoms with Crippen molar-refractivity contribution < 1.29 is 8.42 Å². The van der Waals surface area contributed by atoms with E-state index in [9.17, 15) is 8.42 Å². The summed E-state index contributed by atoms with van der Waals surface area (Å²) in [5, 5.41) is 0. The van der Waals surface area contributed by atoms with Crippen molar-refractivity contribution in [2.45, 2.75) is 25.3 Å². The van der Waals surface area contributed by atoms with E-state index in [-0.39, 0.29) is 18.4 Å². The Morgan fingerprint density at radius 1 is 1.27 bits per heavy atom. The number of nitrogens with zero attached hydrogens (tertiary/aromatic N) is 1. The van der Waals surface area contributed by atoms with Gasteiger partial charge in [-0.05, 0) is 24.7 Å². The maximum absolute atomic E-state index is 11.4. The topological polar surface area (TPSA) is 63.4 Å². The van der Waals surface area contributed by atoms with Gasteiger partial charge in [-0.15, -0.1) is 12.4 Å². The first kappa shape index (κ1) is 13.2. The van der Waals surface area contributed by atoms with Crippen molar-refractivity contribution in [3.63, 3.8) is 0 Å². The summed E-state index contributed by atoms with van der Waals surface area (Å²) in [6.45, 7) is 1.34. The molecule has 90 valence electrons. The molecule has 0 aromatic heterocycles. The van der Waals surface area contributed by atoms with Crippen molar-refractivity contribution in [2.24, 2.45) is 17.6 Å². The van der Waals surface area contributed by atoms with E-state index in [0.717, 1.165) is 19.3 Å². The lowest BCUT2D eigenvalue weighted by Gasteiger charge is -2.29. The first-order valence-electron chi connectivity index (χ1n) is 5.19. The standard InChI is InChI=1S/C9H18N2O2S.ClH/c1-14(12,13)11-5-7-3-2-4-9(10)8(7)6-11;/h7-9H,2-6,10H2,1H3;1H. The van der Waals surface area contributed by atoms with Crippen molar-refractivity contribution in [3.8, 4) is 0 Å².